The normalized spacial score (nSPS) is 13.2. The number of hydrogen-bond donors (Lipinski definition) is 1. The predicted molar refractivity (Wildman–Crippen MR) is 84.7 cm³/mol. The second kappa shape index (κ2) is 8.57. The van der Waals surface area contributed by atoms with E-state index >= 15 is 0 Å². The third-order valence-electron chi connectivity index (χ3n) is 3.41. The first-order valence-electron chi connectivity index (χ1n) is 7.14. The fourth-order valence-corrected chi connectivity index (χ4v) is 2.15. The molecule has 1 atom stereocenters. The Kier molecular flexibility index (Phi) is 7.44. The van der Waals surface area contributed by atoms with Crippen LogP contribution in [0.5, 0.6) is 0 Å². The first kappa shape index (κ1) is 16.5. The highest BCUT2D eigenvalue weighted by Gasteiger charge is 2.09. The van der Waals surface area contributed by atoms with Gasteiger partial charge in [0.15, 0.2) is 0 Å². The molecule has 108 valence electrons. The van der Waals surface area contributed by atoms with Crippen LogP contribution in [-0.2, 0) is 6.54 Å². The van der Waals surface area contributed by atoms with Crippen molar-refractivity contribution >= 4 is 11.6 Å². The molecule has 0 bridgehead atoms. The minimum absolute atomic E-state index is 0.520. The number of likely N-dealkylation sites (N-methyl/N-ethyl adjacent to an activating group) is 1. The fourth-order valence-electron chi connectivity index (χ4n) is 1.94. The average Bonchev–Trinajstić information content (AvgIpc) is 2.34. The predicted octanol–water partition coefficient (Wildman–Crippen LogP) is 3.80. The molecule has 0 fully saturated rings. The van der Waals surface area contributed by atoms with E-state index in [1.54, 1.807) is 0 Å². The molecule has 0 radical (unpaired) electrons. The Morgan fingerprint density at radius 1 is 1.26 bits per heavy atom. The number of rotatable bonds is 8. The Labute approximate surface area is 123 Å². The molecular formula is C16H27ClN2. The number of hydrogen-bond acceptors (Lipinski definition) is 2. The summed E-state index contributed by atoms with van der Waals surface area (Å²) in [6.45, 7) is 9.85. The van der Waals surface area contributed by atoms with Crippen LogP contribution in [0.25, 0.3) is 0 Å². The summed E-state index contributed by atoms with van der Waals surface area (Å²) in [5, 5.41) is 4.34. The maximum Gasteiger partial charge on any atom is 0.0409 e. The fraction of sp³-hybridized carbons (Fsp3) is 0.625. The lowest BCUT2D eigenvalue weighted by Gasteiger charge is -2.25. The van der Waals surface area contributed by atoms with Crippen LogP contribution in [0.4, 0.5) is 0 Å². The van der Waals surface area contributed by atoms with Gasteiger partial charge in [-0.3, -0.25) is 4.90 Å². The van der Waals surface area contributed by atoms with Crippen molar-refractivity contribution < 1.29 is 0 Å². The first-order chi connectivity index (χ1) is 8.99. The van der Waals surface area contributed by atoms with Crippen LogP contribution in [0.15, 0.2) is 24.3 Å². The molecule has 2 nitrogen and oxygen atoms in total. The van der Waals surface area contributed by atoms with Gasteiger partial charge in [0.2, 0.25) is 0 Å². The second-order valence-corrected chi connectivity index (χ2v) is 6.22. The first-order valence-corrected chi connectivity index (χ1v) is 7.52. The van der Waals surface area contributed by atoms with Crippen LogP contribution in [0.3, 0.4) is 0 Å². The third-order valence-corrected chi connectivity index (χ3v) is 3.65. The maximum atomic E-state index is 6.01. The van der Waals surface area contributed by atoms with Crippen LogP contribution in [0.2, 0.25) is 5.02 Å². The molecule has 1 unspecified atom stereocenters. The van der Waals surface area contributed by atoms with Crippen LogP contribution >= 0.6 is 11.6 Å². The highest BCUT2D eigenvalue weighted by molar-refractivity contribution is 6.30. The van der Waals surface area contributed by atoms with Crippen molar-refractivity contribution in [3.8, 4) is 0 Å². The number of nitrogens with one attached hydrogen (secondary N) is 1. The van der Waals surface area contributed by atoms with Crippen LogP contribution < -0.4 is 5.32 Å². The minimum Gasteiger partial charge on any atom is -0.315 e. The van der Waals surface area contributed by atoms with E-state index in [9.17, 15) is 0 Å². The van der Waals surface area contributed by atoms with Crippen molar-refractivity contribution in [2.24, 2.45) is 5.92 Å². The van der Waals surface area contributed by atoms with E-state index < -0.39 is 0 Å². The molecule has 1 aromatic carbocycles. The van der Waals surface area contributed by atoms with Gasteiger partial charge in [0.25, 0.3) is 0 Å². The molecule has 1 N–H and O–H groups in total. The van der Waals surface area contributed by atoms with Gasteiger partial charge in [-0.1, -0.05) is 37.6 Å². The van der Waals surface area contributed by atoms with Gasteiger partial charge in [0.05, 0.1) is 0 Å². The molecule has 0 amide bonds. The molecular weight excluding hydrogens is 256 g/mol. The van der Waals surface area contributed by atoms with E-state index in [2.05, 4.69) is 44.1 Å². The zero-order valence-corrected chi connectivity index (χ0v) is 13.4. The Morgan fingerprint density at radius 3 is 2.63 bits per heavy atom. The van der Waals surface area contributed by atoms with Gasteiger partial charge in [-0.25, -0.2) is 0 Å². The standard InChI is InChI=1S/C16H27ClN2/c1-13(2)8-9-18-11-14(3)19(4)12-15-6-5-7-16(17)10-15/h5-7,10,13-14,18H,8-9,11-12H2,1-4H3. The van der Waals surface area contributed by atoms with Crippen molar-refractivity contribution in [1.29, 1.82) is 0 Å². The van der Waals surface area contributed by atoms with E-state index in [0.29, 0.717) is 6.04 Å². The third kappa shape index (κ3) is 6.95. The van der Waals surface area contributed by atoms with Crippen molar-refractivity contribution in [1.82, 2.24) is 10.2 Å². The van der Waals surface area contributed by atoms with E-state index in [-0.39, 0.29) is 0 Å². The lowest BCUT2D eigenvalue weighted by Crippen LogP contribution is -2.38. The molecule has 1 rings (SSSR count). The number of nitrogens with zero attached hydrogens (tertiary/aromatic N) is 1. The lowest BCUT2D eigenvalue weighted by atomic mass is 10.1. The minimum atomic E-state index is 0.520. The van der Waals surface area contributed by atoms with Gasteiger partial charge < -0.3 is 5.32 Å². The summed E-state index contributed by atoms with van der Waals surface area (Å²) >= 11 is 6.01. The van der Waals surface area contributed by atoms with Crippen LogP contribution in [0.1, 0.15) is 32.8 Å². The zero-order valence-electron chi connectivity index (χ0n) is 12.6. The van der Waals surface area contributed by atoms with E-state index in [1.807, 2.05) is 18.2 Å². The summed E-state index contributed by atoms with van der Waals surface area (Å²) in [7, 11) is 2.16. The Bertz CT molecular complexity index is 366. The summed E-state index contributed by atoms with van der Waals surface area (Å²) in [5.74, 6) is 0.770. The van der Waals surface area contributed by atoms with Crippen molar-refractivity contribution in [2.75, 3.05) is 20.1 Å². The largest absolute Gasteiger partial charge is 0.315 e. The summed E-state index contributed by atoms with van der Waals surface area (Å²) in [4.78, 5) is 2.36. The Morgan fingerprint density at radius 2 is 2.00 bits per heavy atom. The van der Waals surface area contributed by atoms with Gasteiger partial charge in [-0.15, -0.1) is 0 Å². The van der Waals surface area contributed by atoms with E-state index in [4.69, 9.17) is 11.6 Å². The lowest BCUT2D eigenvalue weighted by molar-refractivity contribution is 0.242. The maximum absolute atomic E-state index is 6.01. The molecule has 19 heavy (non-hydrogen) atoms. The topological polar surface area (TPSA) is 15.3 Å². The molecule has 0 aliphatic heterocycles. The highest BCUT2D eigenvalue weighted by atomic mass is 35.5. The van der Waals surface area contributed by atoms with Crippen LogP contribution in [0, 0.1) is 5.92 Å². The van der Waals surface area contributed by atoms with Crippen molar-refractivity contribution in [3.63, 3.8) is 0 Å². The Balaban J connectivity index is 2.30. The molecule has 0 aliphatic carbocycles. The Hall–Kier alpha value is -0.570. The molecule has 0 saturated heterocycles. The van der Waals surface area contributed by atoms with E-state index in [0.717, 1.165) is 30.6 Å². The summed E-state index contributed by atoms with van der Waals surface area (Å²) in [6, 6.07) is 8.61. The number of halogens is 1. The summed E-state index contributed by atoms with van der Waals surface area (Å²) in [5.41, 5.74) is 1.27. The van der Waals surface area contributed by atoms with Crippen molar-refractivity contribution in [2.45, 2.75) is 39.8 Å². The molecule has 3 heteroatoms. The molecule has 0 spiro atoms. The summed E-state index contributed by atoms with van der Waals surface area (Å²) < 4.78 is 0. The van der Waals surface area contributed by atoms with Gasteiger partial charge in [-0.05, 0) is 50.6 Å². The van der Waals surface area contributed by atoms with E-state index in [1.165, 1.54) is 12.0 Å². The van der Waals surface area contributed by atoms with Crippen molar-refractivity contribution in [3.05, 3.63) is 34.9 Å². The van der Waals surface area contributed by atoms with Crippen LogP contribution in [-0.4, -0.2) is 31.1 Å². The molecule has 1 aromatic rings. The SMILES string of the molecule is CC(C)CCNCC(C)N(C)Cc1cccc(Cl)c1. The highest BCUT2D eigenvalue weighted by Crippen LogP contribution is 2.13. The average molecular weight is 283 g/mol. The van der Waals surface area contributed by atoms with Gasteiger partial charge >= 0.3 is 0 Å². The number of benzene rings is 1. The van der Waals surface area contributed by atoms with Gasteiger partial charge in [0.1, 0.15) is 0 Å². The molecule has 0 heterocycles. The molecule has 0 aromatic heterocycles. The quantitative estimate of drug-likeness (QED) is 0.730. The second-order valence-electron chi connectivity index (χ2n) is 5.78. The molecule has 0 saturated carbocycles. The molecule has 0 aliphatic rings. The zero-order chi connectivity index (χ0) is 14.3. The summed E-state index contributed by atoms with van der Waals surface area (Å²) in [6.07, 6.45) is 1.24. The monoisotopic (exact) mass is 282 g/mol. The van der Waals surface area contributed by atoms with Gasteiger partial charge in [-0.2, -0.15) is 0 Å². The smallest absolute Gasteiger partial charge is 0.0409 e. The van der Waals surface area contributed by atoms with Gasteiger partial charge in [0, 0.05) is 24.2 Å².